The molecule has 158 valence electrons. The first-order valence-electron chi connectivity index (χ1n) is 10.1. The second-order valence-electron chi connectivity index (χ2n) is 7.79. The smallest absolute Gasteiger partial charge is 0.332 e. The van der Waals surface area contributed by atoms with Gasteiger partial charge in [0.25, 0.3) is 5.56 Å². The summed E-state index contributed by atoms with van der Waals surface area (Å²) in [5.41, 5.74) is 0.930. The molecular formula is C21H26N6O3. The second kappa shape index (κ2) is 7.91. The Bertz CT molecular complexity index is 1190. The largest absolute Gasteiger partial charge is 0.338 e. The number of amides is 1. The number of benzene rings is 1. The van der Waals surface area contributed by atoms with Crippen LogP contribution in [0.5, 0.6) is 0 Å². The summed E-state index contributed by atoms with van der Waals surface area (Å²) in [5.74, 6) is -0.0513. The molecule has 1 aliphatic heterocycles. The Kier molecular flexibility index (Phi) is 5.29. The quantitative estimate of drug-likeness (QED) is 0.619. The Morgan fingerprint density at radius 1 is 1.03 bits per heavy atom. The van der Waals surface area contributed by atoms with E-state index in [1.807, 2.05) is 23.1 Å². The predicted octanol–water partition coefficient (Wildman–Crippen LogP) is 0.339. The van der Waals surface area contributed by atoms with Crippen LogP contribution in [0, 0.1) is 0 Å². The van der Waals surface area contributed by atoms with Gasteiger partial charge in [0, 0.05) is 46.8 Å². The number of imidazole rings is 1. The first-order chi connectivity index (χ1) is 14.4. The van der Waals surface area contributed by atoms with Gasteiger partial charge in [0.2, 0.25) is 5.91 Å². The average molecular weight is 410 g/mol. The number of aryl methyl sites for hydroxylation is 1. The number of aromatic nitrogens is 4. The van der Waals surface area contributed by atoms with Gasteiger partial charge in [-0.2, -0.15) is 0 Å². The van der Waals surface area contributed by atoms with E-state index >= 15 is 0 Å². The Hall–Kier alpha value is -3.20. The van der Waals surface area contributed by atoms with Crippen molar-refractivity contribution < 1.29 is 4.79 Å². The van der Waals surface area contributed by atoms with Gasteiger partial charge >= 0.3 is 5.69 Å². The fourth-order valence-electron chi connectivity index (χ4n) is 4.01. The monoisotopic (exact) mass is 410 g/mol. The summed E-state index contributed by atoms with van der Waals surface area (Å²) in [6.45, 7) is 5.51. The van der Waals surface area contributed by atoms with Gasteiger partial charge in [-0.25, -0.2) is 9.78 Å². The van der Waals surface area contributed by atoms with E-state index in [2.05, 4.69) is 22.0 Å². The molecule has 0 N–H and O–H groups in total. The summed E-state index contributed by atoms with van der Waals surface area (Å²) >= 11 is 0. The van der Waals surface area contributed by atoms with Crippen molar-refractivity contribution in [1.29, 1.82) is 0 Å². The molecule has 0 spiro atoms. The van der Waals surface area contributed by atoms with E-state index in [9.17, 15) is 14.4 Å². The second-order valence-corrected chi connectivity index (χ2v) is 7.79. The Balaban J connectivity index is 1.50. The van der Waals surface area contributed by atoms with Crippen LogP contribution in [0.15, 0.2) is 46.2 Å². The summed E-state index contributed by atoms with van der Waals surface area (Å²) in [7, 11) is 3.00. The van der Waals surface area contributed by atoms with Crippen molar-refractivity contribution in [2.24, 2.45) is 14.1 Å². The summed E-state index contributed by atoms with van der Waals surface area (Å²) in [6, 6.07) is 9.71. The minimum Gasteiger partial charge on any atom is -0.338 e. The number of carbonyl (C=O) groups is 1. The fourth-order valence-corrected chi connectivity index (χ4v) is 4.01. The molecule has 0 radical (unpaired) electrons. The molecule has 0 aliphatic carbocycles. The van der Waals surface area contributed by atoms with E-state index in [1.54, 1.807) is 18.5 Å². The zero-order valence-corrected chi connectivity index (χ0v) is 17.5. The van der Waals surface area contributed by atoms with Gasteiger partial charge in [-0.3, -0.25) is 23.6 Å². The van der Waals surface area contributed by atoms with Crippen LogP contribution in [0.4, 0.5) is 0 Å². The van der Waals surface area contributed by atoms with E-state index in [-0.39, 0.29) is 17.1 Å². The van der Waals surface area contributed by atoms with Crippen molar-refractivity contribution in [2.75, 3.05) is 26.2 Å². The van der Waals surface area contributed by atoms with Gasteiger partial charge in [0.15, 0.2) is 11.2 Å². The highest BCUT2D eigenvalue weighted by Gasteiger charge is 2.28. The van der Waals surface area contributed by atoms with Crippen LogP contribution in [0.1, 0.15) is 18.5 Å². The summed E-state index contributed by atoms with van der Waals surface area (Å²) in [5, 5.41) is 0. The van der Waals surface area contributed by atoms with E-state index in [1.165, 1.54) is 23.5 Å². The highest BCUT2D eigenvalue weighted by atomic mass is 16.2. The standard InChI is InChI=1S/C21H26N6O3/c1-15(27-14-22-18-17(27)20(29)24(3)21(30)23(18)2)19(28)26-11-9-25(10-12-26)13-16-7-5-4-6-8-16/h4-8,14-15H,9-13H2,1-3H3. The van der Waals surface area contributed by atoms with Crippen LogP contribution in [0.25, 0.3) is 11.2 Å². The van der Waals surface area contributed by atoms with Crippen LogP contribution in [0.3, 0.4) is 0 Å². The molecule has 2 aromatic heterocycles. The minimum atomic E-state index is -0.583. The number of fused-ring (bicyclic) bond motifs is 1. The van der Waals surface area contributed by atoms with Crippen molar-refractivity contribution in [3.63, 3.8) is 0 Å². The first kappa shape index (κ1) is 20.1. The predicted molar refractivity (Wildman–Crippen MR) is 113 cm³/mol. The van der Waals surface area contributed by atoms with Crippen molar-refractivity contribution in [1.82, 2.24) is 28.5 Å². The van der Waals surface area contributed by atoms with E-state index in [0.29, 0.717) is 13.1 Å². The summed E-state index contributed by atoms with van der Waals surface area (Å²) in [6.07, 6.45) is 1.47. The number of piperazine rings is 1. The lowest BCUT2D eigenvalue weighted by Gasteiger charge is -2.36. The Labute approximate surface area is 173 Å². The number of hydrogen-bond acceptors (Lipinski definition) is 5. The molecule has 1 fully saturated rings. The lowest BCUT2D eigenvalue weighted by atomic mass is 10.2. The zero-order chi connectivity index (χ0) is 21.4. The molecule has 9 heteroatoms. The molecule has 1 unspecified atom stereocenters. The number of carbonyl (C=O) groups excluding carboxylic acids is 1. The first-order valence-corrected chi connectivity index (χ1v) is 10.1. The Morgan fingerprint density at radius 3 is 2.37 bits per heavy atom. The van der Waals surface area contributed by atoms with Gasteiger partial charge in [0.1, 0.15) is 6.04 Å². The van der Waals surface area contributed by atoms with Gasteiger partial charge < -0.3 is 9.47 Å². The molecular weight excluding hydrogens is 384 g/mol. The number of hydrogen-bond donors (Lipinski definition) is 0. The number of nitrogens with zero attached hydrogens (tertiary/aromatic N) is 6. The maximum atomic E-state index is 13.1. The van der Waals surface area contributed by atoms with Crippen molar-refractivity contribution >= 4 is 17.1 Å². The maximum absolute atomic E-state index is 13.1. The molecule has 1 amide bonds. The zero-order valence-electron chi connectivity index (χ0n) is 17.5. The third-order valence-corrected chi connectivity index (χ3v) is 5.88. The van der Waals surface area contributed by atoms with Crippen molar-refractivity contribution in [3.05, 3.63) is 63.1 Å². The highest BCUT2D eigenvalue weighted by Crippen LogP contribution is 2.17. The molecule has 1 atom stereocenters. The van der Waals surface area contributed by atoms with Gasteiger partial charge in [-0.1, -0.05) is 30.3 Å². The van der Waals surface area contributed by atoms with E-state index < -0.39 is 17.3 Å². The lowest BCUT2D eigenvalue weighted by Crippen LogP contribution is -2.50. The van der Waals surface area contributed by atoms with Crippen molar-refractivity contribution in [3.8, 4) is 0 Å². The van der Waals surface area contributed by atoms with Gasteiger partial charge in [-0.05, 0) is 12.5 Å². The van der Waals surface area contributed by atoms with Crippen LogP contribution >= 0.6 is 0 Å². The minimum absolute atomic E-state index is 0.0513. The molecule has 3 aromatic rings. The third kappa shape index (κ3) is 3.45. The van der Waals surface area contributed by atoms with Crippen LogP contribution in [0.2, 0.25) is 0 Å². The summed E-state index contributed by atoms with van der Waals surface area (Å²) in [4.78, 5) is 46.3. The molecule has 1 aliphatic rings. The SMILES string of the molecule is CC(C(=O)N1CCN(Cc2ccccc2)CC1)n1cnc2c1c(=O)n(C)c(=O)n2C. The molecule has 3 heterocycles. The molecule has 1 saturated heterocycles. The molecule has 0 saturated carbocycles. The fraction of sp³-hybridized carbons (Fsp3) is 0.429. The summed E-state index contributed by atoms with van der Waals surface area (Å²) < 4.78 is 3.95. The van der Waals surface area contributed by atoms with E-state index in [4.69, 9.17) is 0 Å². The van der Waals surface area contributed by atoms with Gasteiger partial charge in [0.05, 0.1) is 6.33 Å². The third-order valence-electron chi connectivity index (χ3n) is 5.88. The van der Waals surface area contributed by atoms with Crippen molar-refractivity contribution in [2.45, 2.75) is 19.5 Å². The molecule has 9 nitrogen and oxygen atoms in total. The maximum Gasteiger partial charge on any atom is 0.332 e. The highest BCUT2D eigenvalue weighted by molar-refractivity contribution is 5.82. The molecule has 4 rings (SSSR count). The molecule has 1 aromatic carbocycles. The lowest BCUT2D eigenvalue weighted by molar-refractivity contribution is -0.136. The van der Waals surface area contributed by atoms with Crippen LogP contribution < -0.4 is 11.2 Å². The van der Waals surface area contributed by atoms with Gasteiger partial charge in [-0.15, -0.1) is 0 Å². The molecule has 0 bridgehead atoms. The average Bonchev–Trinajstić information content (AvgIpc) is 3.22. The Morgan fingerprint density at radius 2 is 1.70 bits per heavy atom. The number of rotatable bonds is 4. The van der Waals surface area contributed by atoms with Crippen LogP contribution in [-0.2, 0) is 25.4 Å². The topological polar surface area (TPSA) is 85.4 Å². The van der Waals surface area contributed by atoms with Crippen LogP contribution in [-0.4, -0.2) is 60.6 Å². The molecule has 30 heavy (non-hydrogen) atoms. The normalized spacial score (nSPS) is 16.2. The van der Waals surface area contributed by atoms with E-state index in [0.717, 1.165) is 24.2 Å².